The SMILES string of the molecule is Cc1cc([N+](=O)[O-])cc(S(=O)(=O)NNC(=O)c2cc(Br)cn2C)c1C. The van der Waals surface area contributed by atoms with E-state index in [0.29, 0.717) is 15.6 Å². The summed E-state index contributed by atoms with van der Waals surface area (Å²) in [7, 11) is -2.56. The molecule has 0 aliphatic carbocycles. The Labute approximate surface area is 152 Å². The van der Waals surface area contributed by atoms with Crippen molar-refractivity contribution < 1.29 is 18.1 Å². The number of carbonyl (C=O) groups excluding carboxylic acids is 1. The van der Waals surface area contributed by atoms with E-state index >= 15 is 0 Å². The molecule has 1 aromatic carbocycles. The molecule has 2 N–H and O–H groups in total. The Balaban J connectivity index is 2.29. The second-order valence-electron chi connectivity index (χ2n) is 5.36. The van der Waals surface area contributed by atoms with Gasteiger partial charge in [-0.3, -0.25) is 20.3 Å². The molecule has 1 aromatic heterocycles. The van der Waals surface area contributed by atoms with Gasteiger partial charge in [0, 0.05) is 29.8 Å². The molecule has 0 saturated heterocycles. The van der Waals surface area contributed by atoms with Crippen molar-refractivity contribution in [3.05, 3.63) is 55.8 Å². The summed E-state index contributed by atoms with van der Waals surface area (Å²) in [4.78, 5) is 24.1. The molecule has 0 saturated carbocycles. The van der Waals surface area contributed by atoms with Gasteiger partial charge in [-0.05, 0) is 47.0 Å². The Morgan fingerprint density at radius 2 is 1.92 bits per heavy atom. The molecule has 1 heterocycles. The Morgan fingerprint density at radius 1 is 1.28 bits per heavy atom. The van der Waals surface area contributed by atoms with Crippen LogP contribution in [0, 0.1) is 24.0 Å². The van der Waals surface area contributed by atoms with Gasteiger partial charge in [0.25, 0.3) is 21.6 Å². The van der Waals surface area contributed by atoms with Crippen molar-refractivity contribution in [2.75, 3.05) is 0 Å². The molecule has 1 amide bonds. The molecule has 0 radical (unpaired) electrons. The average molecular weight is 431 g/mol. The Bertz CT molecular complexity index is 968. The van der Waals surface area contributed by atoms with E-state index in [1.807, 2.05) is 4.83 Å². The summed E-state index contributed by atoms with van der Waals surface area (Å²) in [5.41, 5.74) is 2.78. The molecule has 25 heavy (non-hydrogen) atoms. The topological polar surface area (TPSA) is 123 Å². The van der Waals surface area contributed by atoms with Gasteiger partial charge in [-0.1, -0.05) is 0 Å². The second kappa shape index (κ2) is 6.94. The molecule has 2 rings (SSSR count). The molecule has 9 nitrogen and oxygen atoms in total. The molecule has 0 bridgehead atoms. The second-order valence-corrected chi connectivity index (χ2v) is 7.92. The number of rotatable bonds is 5. The van der Waals surface area contributed by atoms with Gasteiger partial charge in [0.2, 0.25) is 0 Å². The lowest BCUT2D eigenvalue weighted by atomic mass is 10.1. The molecule has 0 spiro atoms. The first-order valence-corrected chi connectivity index (χ1v) is 9.20. The first-order valence-electron chi connectivity index (χ1n) is 6.92. The smallest absolute Gasteiger partial charge is 0.282 e. The van der Waals surface area contributed by atoms with Crippen LogP contribution in [0.3, 0.4) is 0 Å². The van der Waals surface area contributed by atoms with Gasteiger partial charge >= 0.3 is 0 Å². The number of hydrazine groups is 1. The summed E-state index contributed by atoms with van der Waals surface area (Å²) in [6, 6.07) is 3.76. The number of nitro groups is 1. The van der Waals surface area contributed by atoms with E-state index in [2.05, 4.69) is 21.4 Å². The number of nitrogens with zero attached hydrogens (tertiary/aromatic N) is 2. The molecular formula is C14H15BrN4O5S. The third kappa shape index (κ3) is 4.06. The quantitative estimate of drug-likeness (QED) is 0.553. The van der Waals surface area contributed by atoms with Crippen LogP contribution < -0.4 is 10.3 Å². The summed E-state index contributed by atoms with van der Waals surface area (Å²) in [6.45, 7) is 3.10. The minimum absolute atomic E-state index is 0.224. The summed E-state index contributed by atoms with van der Waals surface area (Å²) in [5.74, 6) is -0.670. The lowest BCUT2D eigenvalue weighted by molar-refractivity contribution is -0.385. The number of aryl methyl sites for hydroxylation is 2. The minimum atomic E-state index is -4.19. The number of carbonyl (C=O) groups is 1. The van der Waals surface area contributed by atoms with E-state index in [-0.39, 0.29) is 16.3 Å². The van der Waals surface area contributed by atoms with E-state index in [4.69, 9.17) is 0 Å². The van der Waals surface area contributed by atoms with Gasteiger partial charge in [0.1, 0.15) is 5.69 Å². The van der Waals surface area contributed by atoms with Gasteiger partial charge in [-0.15, -0.1) is 4.83 Å². The fourth-order valence-corrected chi connectivity index (χ4v) is 3.88. The lowest BCUT2D eigenvalue weighted by Crippen LogP contribution is -2.42. The standard InChI is InChI=1S/C14H15BrN4O5S/c1-8-4-11(19(21)22)6-13(9(8)2)25(23,24)17-16-14(20)12-5-10(15)7-18(12)3/h4-7,17H,1-3H3,(H,16,20). The van der Waals surface area contributed by atoms with Crippen LogP contribution in [0.2, 0.25) is 0 Å². The number of amides is 1. The number of hydrogen-bond donors (Lipinski definition) is 2. The molecule has 0 aliphatic heterocycles. The highest BCUT2D eigenvalue weighted by Crippen LogP contribution is 2.25. The first kappa shape index (κ1) is 19.1. The maximum absolute atomic E-state index is 12.4. The van der Waals surface area contributed by atoms with Crippen LogP contribution in [0.4, 0.5) is 5.69 Å². The normalized spacial score (nSPS) is 11.4. The number of nitro benzene ring substituents is 1. The zero-order valence-corrected chi connectivity index (χ0v) is 15.9. The number of nitrogens with one attached hydrogen (secondary N) is 2. The first-order chi connectivity index (χ1) is 11.5. The number of halogens is 1. The van der Waals surface area contributed by atoms with E-state index in [9.17, 15) is 23.3 Å². The monoisotopic (exact) mass is 430 g/mol. The van der Waals surface area contributed by atoms with Crippen molar-refractivity contribution in [2.45, 2.75) is 18.7 Å². The number of aromatic nitrogens is 1. The van der Waals surface area contributed by atoms with Gasteiger partial charge in [-0.2, -0.15) is 0 Å². The Morgan fingerprint density at radius 3 is 2.44 bits per heavy atom. The van der Waals surface area contributed by atoms with E-state index < -0.39 is 20.9 Å². The third-order valence-corrected chi connectivity index (χ3v) is 5.42. The minimum Gasteiger partial charge on any atom is -0.345 e. The predicted octanol–water partition coefficient (Wildman–Crippen LogP) is 1.94. The highest BCUT2D eigenvalue weighted by Gasteiger charge is 2.23. The fourth-order valence-electron chi connectivity index (χ4n) is 2.18. The molecule has 0 fully saturated rings. The van der Waals surface area contributed by atoms with Crippen molar-refractivity contribution in [3.63, 3.8) is 0 Å². The van der Waals surface area contributed by atoms with Crippen LogP contribution in [0.15, 0.2) is 33.8 Å². The van der Waals surface area contributed by atoms with Gasteiger partial charge < -0.3 is 4.57 Å². The van der Waals surface area contributed by atoms with Crippen LogP contribution >= 0.6 is 15.9 Å². The summed E-state index contributed by atoms with van der Waals surface area (Å²) in [5, 5.41) is 10.9. The van der Waals surface area contributed by atoms with Crippen LogP contribution in [0.25, 0.3) is 0 Å². The lowest BCUT2D eigenvalue weighted by Gasteiger charge is -2.12. The summed E-state index contributed by atoms with van der Waals surface area (Å²) in [6.07, 6.45) is 1.64. The van der Waals surface area contributed by atoms with Crippen LogP contribution in [0.1, 0.15) is 21.6 Å². The van der Waals surface area contributed by atoms with E-state index in [1.165, 1.54) is 23.6 Å². The molecule has 0 atom stereocenters. The van der Waals surface area contributed by atoms with Crippen LogP contribution in [-0.2, 0) is 17.1 Å². The molecule has 0 unspecified atom stereocenters. The zero-order valence-electron chi connectivity index (χ0n) is 13.5. The average Bonchev–Trinajstić information content (AvgIpc) is 2.85. The largest absolute Gasteiger partial charge is 0.345 e. The summed E-state index contributed by atoms with van der Waals surface area (Å²) >= 11 is 3.21. The van der Waals surface area contributed by atoms with Crippen molar-refractivity contribution >= 4 is 37.5 Å². The van der Waals surface area contributed by atoms with E-state index in [0.717, 1.165) is 6.07 Å². The van der Waals surface area contributed by atoms with Gasteiger partial charge in [-0.25, -0.2) is 8.42 Å². The molecule has 134 valence electrons. The number of sulfonamides is 1. The van der Waals surface area contributed by atoms with Crippen molar-refractivity contribution in [1.29, 1.82) is 0 Å². The van der Waals surface area contributed by atoms with Crippen LogP contribution in [0.5, 0.6) is 0 Å². The Hall–Kier alpha value is -2.24. The number of benzene rings is 1. The zero-order chi connectivity index (χ0) is 18.9. The maximum atomic E-state index is 12.4. The van der Waals surface area contributed by atoms with Crippen molar-refractivity contribution in [3.8, 4) is 0 Å². The molecule has 0 aliphatic rings. The third-order valence-electron chi connectivity index (χ3n) is 3.61. The number of hydrogen-bond acceptors (Lipinski definition) is 5. The highest BCUT2D eigenvalue weighted by atomic mass is 79.9. The Kier molecular flexibility index (Phi) is 5.30. The van der Waals surface area contributed by atoms with Gasteiger partial charge in [0.05, 0.1) is 9.82 Å². The van der Waals surface area contributed by atoms with E-state index in [1.54, 1.807) is 20.2 Å². The fraction of sp³-hybridized carbons (Fsp3) is 0.214. The van der Waals surface area contributed by atoms with Crippen molar-refractivity contribution in [2.24, 2.45) is 7.05 Å². The van der Waals surface area contributed by atoms with Crippen molar-refractivity contribution in [1.82, 2.24) is 14.8 Å². The molecule has 2 aromatic rings. The molecular weight excluding hydrogens is 416 g/mol. The predicted molar refractivity (Wildman–Crippen MR) is 93.5 cm³/mol. The van der Waals surface area contributed by atoms with Crippen LogP contribution in [-0.4, -0.2) is 23.8 Å². The number of non-ortho nitro benzene ring substituents is 1. The highest BCUT2D eigenvalue weighted by molar-refractivity contribution is 9.10. The van der Waals surface area contributed by atoms with Gasteiger partial charge in [0.15, 0.2) is 0 Å². The molecule has 11 heteroatoms. The summed E-state index contributed by atoms with van der Waals surface area (Å²) < 4.78 is 27.1. The maximum Gasteiger partial charge on any atom is 0.282 e.